The van der Waals surface area contributed by atoms with Gasteiger partial charge in [-0.15, -0.1) is 0 Å². The van der Waals surface area contributed by atoms with Crippen LogP contribution >= 0.6 is 0 Å². The predicted molar refractivity (Wildman–Crippen MR) is 70.4 cm³/mol. The lowest BCUT2D eigenvalue weighted by molar-refractivity contribution is -0.161. The number of carbonyl (C=O) groups is 1. The smallest absolute Gasteiger partial charge is 0.331 e. The zero-order valence-corrected chi connectivity index (χ0v) is 11.6. The normalized spacial score (nSPS) is 14.8. The number of rotatable bonds is 3. The Labute approximate surface area is 108 Å². The molecule has 1 aromatic rings. The molecule has 0 aliphatic heterocycles. The maximum absolute atomic E-state index is 12.1. The van der Waals surface area contributed by atoms with Gasteiger partial charge in [0.15, 0.2) is 0 Å². The lowest BCUT2D eigenvalue weighted by Crippen LogP contribution is -2.45. The Morgan fingerprint density at radius 2 is 1.61 bits per heavy atom. The fraction of sp³-hybridized carbons (Fsp3) is 0.500. The molecular weight excluding hydrogens is 230 g/mol. The van der Waals surface area contributed by atoms with Gasteiger partial charge >= 0.3 is 5.97 Å². The van der Waals surface area contributed by atoms with E-state index in [-0.39, 0.29) is 0 Å². The van der Waals surface area contributed by atoms with Crippen LogP contribution in [0, 0.1) is 0 Å². The summed E-state index contributed by atoms with van der Waals surface area (Å²) >= 11 is 0. The number of carbonyl (C=O) groups excluding carboxylic acids is 1. The first-order valence-electron chi connectivity index (χ1n) is 5.83. The molecule has 0 amide bonds. The third kappa shape index (κ3) is 3.47. The number of nitrogens with two attached hydrogens (primary N) is 1. The molecule has 0 aliphatic carbocycles. The van der Waals surface area contributed by atoms with Crippen molar-refractivity contribution in [2.45, 2.75) is 38.8 Å². The van der Waals surface area contributed by atoms with Gasteiger partial charge in [-0.2, -0.15) is 0 Å². The monoisotopic (exact) mass is 251 g/mol. The van der Waals surface area contributed by atoms with E-state index in [0.717, 1.165) is 5.75 Å². The maximum atomic E-state index is 12.1. The number of esters is 1. The minimum Gasteiger partial charge on any atom is -0.497 e. The maximum Gasteiger partial charge on any atom is 0.331 e. The summed E-state index contributed by atoms with van der Waals surface area (Å²) in [5.74, 6) is 0.277. The van der Waals surface area contributed by atoms with Crippen molar-refractivity contribution in [3.63, 3.8) is 0 Å². The van der Waals surface area contributed by atoms with Crippen molar-refractivity contribution in [1.29, 1.82) is 0 Å². The molecule has 0 fully saturated rings. The van der Waals surface area contributed by atoms with Gasteiger partial charge in [-0.05, 0) is 45.4 Å². The van der Waals surface area contributed by atoms with E-state index in [4.69, 9.17) is 15.2 Å². The van der Waals surface area contributed by atoms with Crippen molar-refractivity contribution >= 4 is 5.97 Å². The van der Waals surface area contributed by atoms with E-state index in [9.17, 15) is 4.79 Å². The van der Waals surface area contributed by atoms with E-state index < -0.39 is 17.1 Å². The molecule has 0 saturated heterocycles. The summed E-state index contributed by atoms with van der Waals surface area (Å²) in [7, 11) is 1.59. The molecule has 0 aliphatic rings. The first kappa shape index (κ1) is 14.5. The van der Waals surface area contributed by atoms with Crippen LogP contribution in [-0.4, -0.2) is 18.7 Å². The van der Waals surface area contributed by atoms with Crippen LogP contribution in [-0.2, 0) is 15.1 Å². The lowest BCUT2D eigenvalue weighted by atomic mass is 9.93. The largest absolute Gasteiger partial charge is 0.497 e. The molecule has 0 spiro atoms. The van der Waals surface area contributed by atoms with Crippen LogP contribution in [0.25, 0.3) is 0 Å². The van der Waals surface area contributed by atoms with Crippen LogP contribution in [0.3, 0.4) is 0 Å². The summed E-state index contributed by atoms with van der Waals surface area (Å²) in [6.07, 6.45) is 0. The number of ether oxygens (including phenoxy) is 2. The molecule has 0 saturated carbocycles. The lowest BCUT2D eigenvalue weighted by Gasteiger charge is -2.28. The van der Waals surface area contributed by atoms with Gasteiger partial charge in [0.05, 0.1) is 7.11 Å². The van der Waals surface area contributed by atoms with E-state index in [2.05, 4.69) is 0 Å². The summed E-state index contributed by atoms with van der Waals surface area (Å²) in [5, 5.41) is 0. The molecule has 1 atom stereocenters. The quantitative estimate of drug-likeness (QED) is 0.837. The Balaban J connectivity index is 2.94. The summed E-state index contributed by atoms with van der Waals surface area (Å²) in [4.78, 5) is 12.1. The van der Waals surface area contributed by atoms with Crippen molar-refractivity contribution < 1.29 is 14.3 Å². The van der Waals surface area contributed by atoms with Crippen molar-refractivity contribution in [3.05, 3.63) is 29.8 Å². The Hall–Kier alpha value is -1.55. The minimum atomic E-state index is -1.17. The minimum absolute atomic E-state index is 0.444. The molecule has 0 bridgehead atoms. The predicted octanol–water partition coefficient (Wildman–Crippen LogP) is 2.21. The highest BCUT2D eigenvalue weighted by molar-refractivity contribution is 5.82. The molecule has 2 N–H and O–H groups in total. The van der Waals surface area contributed by atoms with Gasteiger partial charge in [0.25, 0.3) is 0 Å². The van der Waals surface area contributed by atoms with E-state index in [1.54, 1.807) is 38.3 Å². The van der Waals surface area contributed by atoms with E-state index >= 15 is 0 Å². The van der Waals surface area contributed by atoms with Crippen molar-refractivity contribution in [2.75, 3.05) is 7.11 Å². The molecule has 0 heterocycles. The van der Waals surface area contributed by atoms with Crippen molar-refractivity contribution in [2.24, 2.45) is 5.73 Å². The van der Waals surface area contributed by atoms with Crippen LogP contribution in [0.4, 0.5) is 0 Å². The summed E-state index contributed by atoms with van der Waals surface area (Å²) in [6, 6.07) is 7.07. The number of hydrogen-bond donors (Lipinski definition) is 1. The van der Waals surface area contributed by atoms with Gasteiger partial charge in [0.1, 0.15) is 16.9 Å². The Morgan fingerprint density at radius 1 is 1.11 bits per heavy atom. The Morgan fingerprint density at radius 3 is 2.00 bits per heavy atom. The SMILES string of the molecule is COc1ccc([C@@](C)(N)C(=O)OC(C)(C)C)cc1. The van der Waals surface area contributed by atoms with Gasteiger partial charge in [0, 0.05) is 0 Å². The van der Waals surface area contributed by atoms with Gasteiger partial charge in [-0.1, -0.05) is 12.1 Å². The number of benzene rings is 1. The Bertz CT molecular complexity index is 416. The highest BCUT2D eigenvalue weighted by atomic mass is 16.6. The zero-order valence-electron chi connectivity index (χ0n) is 11.6. The van der Waals surface area contributed by atoms with Crippen LogP contribution in [0.15, 0.2) is 24.3 Å². The highest BCUT2D eigenvalue weighted by Gasteiger charge is 2.34. The fourth-order valence-electron chi connectivity index (χ4n) is 1.44. The molecular formula is C14H21NO3. The molecule has 18 heavy (non-hydrogen) atoms. The fourth-order valence-corrected chi connectivity index (χ4v) is 1.44. The second-order valence-corrected chi connectivity index (χ2v) is 5.43. The topological polar surface area (TPSA) is 61.5 Å². The van der Waals surface area contributed by atoms with Crippen LogP contribution in [0.2, 0.25) is 0 Å². The van der Waals surface area contributed by atoms with Gasteiger partial charge in [-0.3, -0.25) is 0 Å². The first-order chi connectivity index (χ1) is 8.16. The molecule has 0 radical (unpaired) electrons. The van der Waals surface area contributed by atoms with E-state index in [1.807, 2.05) is 20.8 Å². The van der Waals surface area contributed by atoms with Crippen LogP contribution in [0.5, 0.6) is 5.75 Å². The zero-order chi connectivity index (χ0) is 14.0. The summed E-state index contributed by atoms with van der Waals surface area (Å²) in [5.41, 5.74) is 5.04. The van der Waals surface area contributed by atoms with Crippen LogP contribution in [0.1, 0.15) is 33.3 Å². The first-order valence-corrected chi connectivity index (χ1v) is 5.83. The van der Waals surface area contributed by atoms with E-state index in [0.29, 0.717) is 5.56 Å². The standard InChI is InChI=1S/C14H21NO3/c1-13(2,3)18-12(16)14(4,15)10-6-8-11(17-5)9-7-10/h6-9H,15H2,1-5H3/t14-/m1/s1. The second-order valence-electron chi connectivity index (χ2n) is 5.43. The molecule has 1 rings (SSSR count). The van der Waals surface area contributed by atoms with Gasteiger partial charge in [0.2, 0.25) is 0 Å². The molecule has 4 nitrogen and oxygen atoms in total. The molecule has 1 aromatic carbocycles. The summed E-state index contributed by atoms with van der Waals surface area (Å²) < 4.78 is 10.4. The molecule has 100 valence electrons. The average molecular weight is 251 g/mol. The molecule has 0 aromatic heterocycles. The molecule has 4 heteroatoms. The van der Waals surface area contributed by atoms with E-state index in [1.165, 1.54) is 0 Å². The number of hydrogen-bond acceptors (Lipinski definition) is 4. The average Bonchev–Trinajstić information content (AvgIpc) is 2.27. The third-order valence-corrected chi connectivity index (χ3v) is 2.51. The number of methoxy groups -OCH3 is 1. The Kier molecular flexibility index (Phi) is 4.02. The third-order valence-electron chi connectivity index (χ3n) is 2.51. The van der Waals surface area contributed by atoms with Crippen LogP contribution < -0.4 is 10.5 Å². The van der Waals surface area contributed by atoms with Crippen molar-refractivity contribution in [3.8, 4) is 5.75 Å². The van der Waals surface area contributed by atoms with Gasteiger partial charge < -0.3 is 15.2 Å². The van der Waals surface area contributed by atoms with Gasteiger partial charge in [-0.25, -0.2) is 4.79 Å². The molecule has 0 unspecified atom stereocenters. The second kappa shape index (κ2) is 4.98. The van der Waals surface area contributed by atoms with Crippen molar-refractivity contribution in [1.82, 2.24) is 0 Å². The highest BCUT2D eigenvalue weighted by Crippen LogP contribution is 2.24. The summed E-state index contributed by atoms with van der Waals surface area (Å²) in [6.45, 7) is 7.09.